The Labute approximate surface area is 182 Å². The highest BCUT2D eigenvalue weighted by molar-refractivity contribution is 9.10. The summed E-state index contributed by atoms with van der Waals surface area (Å²) in [6.45, 7) is 2.62. The lowest BCUT2D eigenvalue weighted by Gasteiger charge is -2.39. The third-order valence-corrected chi connectivity index (χ3v) is 6.26. The first-order chi connectivity index (χ1) is 14.5. The van der Waals surface area contributed by atoms with Crippen LogP contribution in [0.2, 0.25) is 0 Å². The molecule has 2 aliphatic rings. The molecular weight excluding hydrogens is 456 g/mol. The fourth-order valence-electron chi connectivity index (χ4n) is 4.03. The molecule has 0 radical (unpaired) electrons. The van der Waals surface area contributed by atoms with Crippen LogP contribution in [0.5, 0.6) is 6.01 Å². The number of ether oxygens (including phenoxy) is 1. The lowest BCUT2D eigenvalue weighted by molar-refractivity contribution is 0.119. The quantitative estimate of drug-likeness (QED) is 0.679. The van der Waals surface area contributed by atoms with Crippen molar-refractivity contribution in [2.75, 3.05) is 44.7 Å². The van der Waals surface area contributed by atoms with Crippen molar-refractivity contribution in [2.45, 2.75) is 31.3 Å². The zero-order valence-corrected chi connectivity index (χ0v) is 18.2. The molecule has 1 N–H and O–H groups in total. The summed E-state index contributed by atoms with van der Waals surface area (Å²) in [6, 6.07) is 2.22. The Bertz CT molecular complexity index is 976. The van der Waals surface area contributed by atoms with Crippen LogP contribution in [0.4, 0.5) is 10.6 Å². The number of fused-ring (bicyclic) bond motifs is 1. The summed E-state index contributed by atoms with van der Waals surface area (Å²) in [6.07, 6.45) is 2.96. The Morgan fingerprint density at radius 2 is 2.23 bits per heavy atom. The first-order valence-electron chi connectivity index (χ1n) is 9.83. The molecule has 0 saturated carbocycles. The average Bonchev–Trinajstić information content (AvgIpc) is 3.31. The van der Waals surface area contributed by atoms with Gasteiger partial charge in [-0.3, -0.25) is 0 Å². The van der Waals surface area contributed by atoms with Gasteiger partial charge in [0.15, 0.2) is 11.5 Å². The number of nitrogens with zero attached hydrogens (tertiary/aromatic N) is 8. The van der Waals surface area contributed by atoms with Crippen molar-refractivity contribution in [3.05, 3.63) is 10.8 Å². The molecule has 160 valence electrons. The average molecular weight is 479 g/mol. The third-order valence-electron chi connectivity index (χ3n) is 5.71. The standard InChI is InChI=1S/C18H23BrN8O3/c1-24-6-2-3-13(24)11-30-17-22-16(15-21-9-14(19)27(15)23-17)25-7-8-26(18(28)29)12(10-25)4-5-20/h9,12-13H,2-4,6-8,10-11H2,1H3,(H,28,29). The van der Waals surface area contributed by atoms with E-state index in [-0.39, 0.29) is 19.0 Å². The van der Waals surface area contributed by atoms with Crippen molar-refractivity contribution in [3.8, 4) is 12.1 Å². The maximum absolute atomic E-state index is 11.5. The highest BCUT2D eigenvalue weighted by Gasteiger charge is 2.32. The molecule has 30 heavy (non-hydrogen) atoms. The van der Waals surface area contributed by atoms with Crippen LogP contribution >= 0.6 is 15.9 Å². The molecule has 0 bridgehead atoms. The Morgan fingerprint density at radius 3 is 2.93 bits per heavy atom. The smallest absolute Gasteiger partial charge is 0.407 e. The van der Waals surface area contributed by atoms with Gasteiger partial charge in [-0.2, -0.15) is 14.8 Å². The second-order valence-corrected chi connectivity index (χ2v) is 8.37. The summed E-state index contributed by atoms with van der Waals surface area (Å²) in [4.78, 5) is 26.1. The van der Waals surface area contributed by atoms with Gasteiger partial charge in [-0.15, -0.1) is 5.10 Å². The van der Waals surface area contributed by atoms with Crippen LogP contribution in [-0.2, 0) is 0 Å². The lowest BCUT2D eigenvalue weighted by atomic mass is 10.1. The van der Waals surface area contributed by atoms with Gasteiger partial charge >= 0.3 is 12.1 Å². The lowest BCUT2D eigenvalue weighted by Crippen LogP contribution is -2.55. The van der Waals surface area contributed by atoms with Crippen molar-refractivity contribution in [3.63, 3.8) is 0 Å². The van der Waals surface area contributed by atoms with E-state index in [1.54, 1.807) is 10.7 Å². The maximum atomic E-state index is 11.5. The number of aromatic nitrogens is 4. The second-order valence-electron chi connectivity index (χ2n) is 7.56. The molecule has 12 heteroatoms. The number of carbonyl (C=O) groups is 1. The molecule has 0 aliphatic carbocycles. The molecule has 2 atom stereocenters. The minimum Gasteiger partial charge on any atom is -0.465 e. The number of piperazine rings is 1. The number of hydrogen-bond acceptors (Lipinski definition) is 8. The summed E-state index contributed by atoms with van der Waals surface area (Å²) >= 11 is 3.45. The van der Waals surface area contributed by atoms with Crippen molar-refractivity contribution in [1.29, 1.82) is 5.26 Å². The summed E-state index contributed by atoms with van der Waals surface area (Å²) in [5.74, 6) is 0.568. The fraction of sp³-hybridized carbons (Fsp3) is 0.611. The maximum Gasteiger partial charge on any atom is 0.407 e. The van der Waals surface area contributed by atoms with Crippen LogP contribution in [0.25, 0.3) is 5.65 Å². The first-order valence-corrected chi connectivity index (χ1v) is 10.6. The minimum atomic E-state index is -1.02. The number of hydrogen-bond donors (Lipinski definition) is 1. The molecular formula is C18H23BrN8O3. The van der Waals surface area contributed by atoms with Crippen LogP contribution in [0.3, 0.4) is 0 Å². The molecule has 2 fully saturated rings. The number of anilines is 1. The van der Waals surface area contributed by atoms with Crippen LogP contribution in [0.1, 0.15) is 19.3 Å². The molecule has 2 aromatic heterocycles. The van der Waals surface area contributed by atoms with Gasteiger partial charge in [0.05, 0.1) is 24.7 Å². The van der Waals surface area contributed by atoms with E-state index in [1.807, 2.05) is 4.90 Å². The molecule has 0 spiro atoms. The molecule has 2 saturated heterocycles. The predicted molar refractivity (Wildman–Crippen MR) is 111 cm³/mol. The Balaban J connectivity index is 1.61. The van der Waals surface area contributed by atoms with Gasteiger partial charge in [0, 0.05) is 25.7 Å². The molecule has 2 unspecified atom stereocenters. The summed E-state index contributed by atoms with van der Waals surface area (Å²) < 4.78 is 8.23. The molecule has 0 aromatic carbocycles. The number of nitriles is 1. The van der Waals surface area contributed by atoms with E-state index < -0.39 is 12.1 Å². The van der Waals surface area contributed by atoms with Crippen molar-refractivity contribution >= 4 is 33.5 Å². The predicted octanol–water partition coefficient (Wildman–Crippen LogP) is 1.44. The summed E-state index contributed by atoms with van der Waals surface area (Å²) in [5.41, 5.74) is 0.548. The number of amides is 1. The van der Waals surface area contributed by atoms with Crippen molar-refractivity contribution in [1.82, 2.24) is 29.4 Å². The highest BCUT2D eigenvalue weighted by Crippen LogP contribution is 2.27. The summed E-state index contributed by atoms with van der Waals surface area (Å²) in [5, 5.41) is 23.0. The van der Waals surface area contributed by atoms with Gasteiger partial charge in [-0.1, -0.05) is 0 Å². The van der Waals surface area contributed by atoms with Crippen molar-refractivity contribution in [2.24, 2.45) is 0 Å². The van der Waals surface area contributed by atoms with Gasteiger partial charge in [-0.05, 0) is 42.4 Å². The van der Waals surface area contributed by atoms with Crippen LogP contribution < -0.4 is 9.64 Å². The van der Waals surface area contributed by atoms with E-state index >= 15 is 0 Å². The van der Waals surface area contributed by atoms with E-state index in [4.69, 9.17) is 10.00 Å². The van der Waals surface area contributed by atoms with Crippen LogP contribution in [0.15, 0.2) is 10.8 Å². The molecule has 1 amide bonds. The monoisotopic (exact) mass is 478 g/mol. The Hall–Kier alpha value is -2.65. The number of likely N-dealkylation sites (tertiary alicyclic amines) is 1. The number of carboxylic acid groups (broad SMARTS) is 1. The van der Waals surface area contributed by atoms with E-state index in [0.717, 1.165) is 19.4 Å². The first kappa shape index (κ1) is 20.6. The number of halogens is 1. The van der Waals surface area contributed by atoms with Crippen LogP contribution in [-0.4, -0.2) is 92.5 Å². The van der Waals surface area contributed by atoms with Gasteiger partial charge in [-0.25, -0.2) is 9.78 Å². The Kier molecular flexibility index (Phi) is 5.92. The zero-order valence-electron chi connectivity index (χ0n) is 16.6. The highest BCUT2D eigenvalue weighted by atomic mass is 79.9. The van der Waals surface area contributed by atoms with E-state index in [9.17, 15) is 9.90 Å². The third kappa shape index (κ3) is 3.99. The minimum absolute atomic E-state index is 0.111. The fourth-order valence-corrected chi connectivity index (χ4v) is 4.38. The van der Waals surface area contributed by atoms with Gasteiger partial charge in [0.2, 0.25) is 0 Å². The van der Waals surface area contributed by atoms with Gasteiger partial charge in [0.1, 0.15) is 11.2 Å². The topological polar surface area (TPSA) is 123 Å². The second kappa shape index (κ2) is 8.61. The Morgan fingerprint density at radius 1 is 1.40 bits per heavy atom. The summed E-state index contributed by atoms with van der Waals surface area (Å²) in [7, 11) is 2.08. The SMILES string of the molecule is CN1CCCC1COc1nc(N2CCN(C(=O)O)C(CC#N)C2)c2ncc(Br)n2n1. The zero-order chi connectivity index (χ0) is 21.3. The van der Waals surface area contributed by atoms with Gasteiger partial charge in [0.25, 0.3) is 0 Å². The number of imidazole rings is 1. The van der Waals surface area contributed by atoms with E-state index in [0.29, 0.717) is 41.8 Å². The molecule has 2 aliphatic heterocycles. The number of rotatable bonds is 5. The van der Waals surface area contributed by atoms with E-state index in [1.165, 1.54) is 4.90 Å². The molecule has 11 nitrogen and oxygen atoms in total. The molecule has 4 heterocycles. The van der Waals surface area contributed by atoms with Gasteiger partial charge < -0.3 is 24.5 Å². The van der Waals surface area contributed by atoms with E-state index in [2.05, 4.69) is 49.0 Å². The normalized spacial score (nSPS) is 22.4. The molecule has 4 rings (SSSR count). The largest absolute Gasteiger partial charge is 0.465 e. The van der Waals surface area contributed by atoms with Crippen LogP contribution in [0, 0.1) is 11.3 Å². The number of likely N-dealkylation sites (N-methyl/N-ethyl adjacent to an activating group) is 1. The van der Waals surface area contributed by atoms with Crippen molar-refractivity contribution < 1.29 is 14.6 Å². The molecule has 2 aromatic rings.